The largest absolute Gasteiger partial charge is 0.503 e. The lowest BCUT2D eigenvalue weighted by molar-refractivity contribution is -0.133. The third-order valence-electron chi connectivity index (χ3n) is 4.56. The highest BCUT2D eigenvalue weighted by molar-refractivity contribution is 6.30. The smallest absolute Gasteiger partial charge is 0.341 e. The summed E-state index contributed by atoms with van der Waals surface area (Å²) in [6.07, 6.45) is 1.36. The first-order valence-corrected chi connectivity index (χ1v) is 9.72. The molecule has 0 aliphatic carbocycles. The van der Waals surface area contributed by atoms with Crippen molar-refractivity contribution in [2.45, 2.75) is 20.1 Å². The summed E-state index contributed by atoms with van der Waals surface area (Å²) in [5.74, 6) is -0.0447. The second-order valence-corrected chi connectivity index (χ2v) is 6.93. The molecule has 0 bridgehead atoms. The zero-order chi connectivity index (χ0) is 21.5. The number of nitrogens with zero attached hydrogens (tertiary/aromatic N) is 2. The molecule has 30 heavy (non-hydrogen) atoms. The number of methoxy groups -OCH3 is 2. The summed E-state index contributed by atoms with van der Waals surface area (Å²) in [5.41, 5.74) is 3.61. The van der Waals surface area contributed by atoms with E-state index >= 15 is 0 Å². The Morgan fingerprint density at radius 2 is 1.80 bits per heavy atom. The molecule has 0 saturated heterocycles. The maximum absolute atomic E-state index is 12.2. The topological polar surface area (TPSA) is 62.6 Å². The maximum atomic E-state index is 12.2. The van der Waals surface area contributed by atoms with Crippen LogP contribution in [0.25, 0.3) is 5.57 Å². The molecule has 3 aromatic rings. The highest BCUT2D eigenvalue weighted by Gasteiger charge is 2.19. The van der Waals surface area contributed by atoms with Crippen molar-refractivity contribution >= 4 is 23.1 Å². The molecule has 0 saturated carbocycles. The molecule has 0 spiro atoms. The first-order chi connectivity index (χ1) is 14.5. The van der Waals surface area contributed by atoms with Gasteiger partial charge in [-0.1, -0.05) is 66.2 Å². The first kappa shape index (κ1) is 21.5. The quantitative estimate of drug-likeness (QED) is 0.298. The monoisotopic (exact) mass is 426 g/mol. The van der Waals surface area contributed by atoms with Gasteiger partial charge >= 0.3 is 5.97 Å². The van der Waals surface area contributed by atoms with E-state index in [0.717, 1.165) is 16.7 Å². The van der Waals surface area contributed by atoms with E-state index < -0.39 is 5.97 Å². The molecule has 2 aromatic carbocycles. The van der Waals surface area contributed by atoms with Crippen LogP contribution in [0, 0.1) is 6.92 Å². The van der Waals surface area contributed by atoms with Crippen LogP contribution in [0.5, 0.6) is 5.88 Å². The molecule has 0 fully saturated rings. The zero-order valence-electron chi connectivity index (χ0n) is 17.1. The number of carbonyl (C=O) groups excluding carboxylic acids is 1. The molecule has 6 nitrogen and oxygen atoms in total. The van der Waals surface area contributed by atoms with Crippen molar-refractivity contribution in [3.63, 3.8) is 0 Å². The number of aromatic nitrogens is 2. The molecule has 0 aliphatic rings. The van der Waals surface area contributed by atoms with Crippen molar-refractivity contribution in [2.24, 2.45) is 0 Å². The number of ether oxygens (including phenoxy) is 3. The van der Waals surface area contributed by atoms with Crippen LogP contribution in [0.15, 0.2) is 60.9 Å². The molecule has 0 radical (unpaired) electrons. The van der Waals surface area contributed by atoms with Crippen LogP contribution in [0.3, 0.4) is 0 Å². The van der Waals surface area contributed by atoms with Gasteiger partial charge in [0.05, 0.1) is 27.0 Å². The van der Waals surface area contributed by atoms with Gasteiger partial charge < -0.3 is 14.2 Å². The summed E-state index contributed by atoms with van der Waals surface area (Å²) >= 11 is 6.46. The molecular formula is C23H23ClN2O4. The molecule has 156 valence electrons. The molecule has 7 heteroatoms. The lowest BCUT2D eigenvalue weighted by atomic mass is 10.0. The summed E-state index contributed by atoms with van der Waals surface area (Å²) in [4.78, 5) is 12.2. The molecular weight excluding hydrogens is 404 g/mol. The van der Waals surface area contributed by atoms with Crippen molar-refractivity contribution in [1.29, 1.82) is 0 Å². The van der Waals surface area contributed by atoms with Crippen molar-refractivity contribution in [3.05, 3.63) is 88.3 Å². The summed E-state index contributed by atoms with van der Waals surface area (Å²) in [7, 11) is 2.81. The lowest BCUT2D eigenvalue weighted by Crippen LogP contribution is -2.08. The Morgan fingerprint density at radius 1 is 1.10 bits per heavy atom. The fourth-order valence-electron chi connectivity index (χ4n) is 3.01. The Morgan fingerprint density at radius 3 is 2.50 bits per heavy atom. The van der Waals surface area contributed by atoms with Gasteiger partial charge in [-0.15, -0.1) is 5.10 Å². The third kappa shape index (κ3) is 4.83. The van der Waals surface area contributed by atoms with E-state index in [4.69, 9.17) is 25.8 Å². The number of carbonyl (C=O) groups is 1. The summed E-state index contributed by atoms with van der Waals surface area (Å²) < 4.78 is 17.6. The van der Waals surface area contributed by atoms with Gasteiger partial charge in [-0.3, -0.25) is 0 Å². The Kier molecular flexibility index (Phi) is 7.14. The average Bonchev–Trinajstić information content (AvgIpc) is 3.04. The van der Waals surface area contributed by atoms with Crippen LogP contribution in [0.4, 0.5) is 0 Å². The number of esters is 1. The normalized spacial score (nSPS) is 11.3. The van der Waals surface area contributed by atoms with Crippen LogP contribution >= 0.6 is 11.6 Å². The van der Waals surface area contributed by atoms with Gasteiger partial charge in [0, 0.05) is 5.56 Å². The molecule has 0 N–H and O–H groups in total. The van der Waals surface area contributed by atoms with Gasteiger partial charge in [0.1, 0.15) is 17.3 Å². The molecule has 0 unspecified atom stereocenters. The van der Waals surface area contributed by atoms with Crippen LogP contribution < -0.4 is 4.74 Å². The Hall–Kier alpha value is -3.25. The highest BCUT2D eigenvalue weighted by atomic mass is 35.5. The van der Waals surface area contributed by atoms with Crippen LogP contribution in [0.2, 0.25) is 5.15 Å². The number of halogens is 1. The van der Waals surface area contributed by atoms with E-state index in [-0.39, 0.29) is 6.61 Å². The molecule has 0 amide bonds. The predicted octanol–water partition coefficient (Wildman–Crippen LogP) is 4.63. The van der Waals surface area contributed by atoms with Gasteiger partial charge in [0.25, 0.3) is 0 Å². The van der Waals surface area contributed by atoms with E-state index in [9.17, 15) is 4.79 Å². The standard InChI is InChI=1S/C23H23ClN2O4/c1-16-21(24)26(13-17-9-5-4-6-10-17)25-22(16)30-14-18-11-7-8-12-19(18)20(15-28-2)23(27)29-3/h4-12,15H,13-14H2,1-3H3/b20-15+. The van der Waals surface area contributed by atoms with Gasteiger partial charge in [0.2, 0.25) is 5.88 Å². The fraction of sp³-hybridized carbons (Fsp3) is 0.217. The lowest BCUT2D eigenvalue weighted by Gasteiger charge is -2.12. The zero-order valence-corrected chi connectivity index (χ0v) is 17.8. The molecule has 0 aliphatic heterocycles. The third-order valence-corrected chi connectivity index (χ3v) is 5.04. The van der Waals surface area contributed by atoms with Crippen molar-refractivity contribution in [2.75, 3.05) is 14.2 Å². The van der Waals surface area contributed by atoms with Crippen molar-refractivity contribution < 1.29 is 19.0 Å². The summed E-state index contributed by atoms with van der Waals surface area (Å²) in [5, 5.41) is 5.04. The van der Waals surface area contributed by atoms with E-state index in [1.165, 1.54) is 20.5 Å². The van der Waals surface area contributed by atoms with E-state index in [0.29, 0.717) is 28.7 Å². The summed E-state index contributed by atoms with van der Waals surface area (Å²) in [6, 6.07) is 17.3. The summed E-state index contributed by atoms with van der Waals surface area (Å²) in [6.45, 7) is 2.61. The fourth-order valence-corrected chi connectivity index (χ4v) is 3.19. The molecule has 0 atom stereocenters. The first-order valence-electron chi connectivity index (χ1n) is 9.34. The van der Waals surface area contributed by atoms with Crippen LogP contribution in [-0.4, -0.2) is 30.0 Å². The van der Waals surface area contributed by atoms with E-state index in [1.54, 1.807) is 4.68 Å². The predicted molar refractivity (Wildman–Crippen MR) is 115 cm³/mol. The second kappa shape index (κ2) is 9.98. The van der Waals surface area contributed by atoms with Crippen LogP contribution in [0.1, 0.15) is 22.3 Å². The van der Waals surface area contributed by atoms with E-state index in [2.05, 4.69) is 5.10 Å². The SMILES string of the molecule is CO/C=C(/C(=O)OC)c1ccccc1COc1nn(Cc2ccccc2)c(Cl)c1C. The van der Waals surface area contributed by atoms with Gasteiger partial charge in [0.15, 0.2) is 0 Å². The minimum absolute atomic E-state index is 0.202. The van der Waals surface area contributed by atoms with Gasteiger partial charge in [-0.05, 0) is 23.6 Å². The molecule has 1 aromatic heterocycles. The highest BCUT2D eigenvalue weighted by Crippen LogP contribution is 2.28. The molecule has 3 rings (SSSR count). The second-order valence-electron chi connectivity index (χ2n) is 6.57. The number of hydrogen-bond acceptors (Lipinski definition) is 5. The van der Waals surface area contributed by atoms with E-state index in [1.807, 2.05) is 61.5 Å². The van der Waals surface area contributed by atoms with Crippen molar-refractivity contribution in [1.82, 2.24) is 9.78 Å². The van der Waals surface area contributed by atoms with Crippen molar-refractivity contribution in [3.8, 4) is 5.88 Å². The average molecular weight is 427 g/mol. The Bertz CT molecular complexity index is 1040. The molecule has 1 heterocycles. The Balaban J connectivity index is 1.82. The maximum Gasteiger partial charge on any atom is 0.341 e. The number of rotatable bonds is 8. The Labute approximate surface area is 180 Å². The number of hydrogen-bond donors (Lipinski definition) is 0. The number of benzene rings is 2. The van der Waals surface area contributed by atoms with Gasteiger partial charge in [-0.2, -0.15) is 0 Å². The van der Waals surface area contributed by atoms with Crippen LogP contribution in [-0.2, 0) is 27.4 Å². The minimum Gasteiger partial charge on any atom is -0.503 e. The van der Waals surface area contributed by atoms with Gasteiger partial charge in [-0.25, -0.2) is 9.48 Å². The minimum atomic E-state index is -0.490.